The minimum absolute atomic E-state index is 0.176. The first-order valence-corrected chi connectivity index (χ1v) is 7.31. The summed E-state index contributed by atoms with van der Waals surface area (Å²) < 4.78 is 0. The van der Waals surface area contributed by atoms with Crippen LogP contribution < -0.4 is 5.32 Å². The fourth-order valence-electron chi connectivity index (χ4n) is 1.82. The van der Waals surface area contributed by atoms with Gasteiger partial charge in [0.2, 0.25) is 5.91 Å². The number of carbonyl (C=O) groups is 1. The van der Waals surface area contributed by atoms with Crippen LogP contribution in [0.3, 0.4) is 0 Å². The summed E-state index contributed by atoms with van der Waals surface area (Å²) in [5.41, 5.74) is -0.463. The summed E-state index contributed by atoms with van der Waals surface area (Å²) in [6, 6.07) is 0.334. The summed E-state index contributed by atoms with van der Waals surface area (Å²) in [5.74, 6) is 1.18. The first-order chi connectivity index (χ1) is 7.40. The van der Waals surface area contributed by atoms with E-state index in [0.717, 1.165) is 18.7 Å². The highest BCUT2D eigenvalue weighted by molar-refractivity contribution is 7.98. The number of carbonyl (C=O) groups excluding carboxylic acids is 1. The summed E-state index contributed by atoms with van der Waals surface area (Å²) in [5, 5.41) is 3.23. The van der Waals surface area contributed by atoms with Gasteiger partial charge in [0.1, 0.15) is 0 Å². The third kappa shape index (κ3) is 4.34. The minimum Gasteiger partial charge on any atom is -0.340 e. The van der Waals surface area contributed by atoms with Crippen molar-refractivity contribution in [1.29, 1.82) is 0 Å². The fraction of sp³-hybridized carbons (Fsp3) is 0.917. The largest absolute Gasteiger partial charge is 0.340 e. The maximum absolute atomic E-state index is 12.3. The van der Waals surface area contributed by atoms with Crippen LogP contribution in [0.4, 0.5) is 0 Å². The molecule has 0 saturated heterocycles. The Balaban J connectivity index is 4.56. The van der Waals surface area contributed by atoms with Gasteiger partial charge in [-0.2, -0.15) is 11.8 Å². The van der Waals surface area contributed by atoms with E-state index in [0.29, 0.717) is 6.04 Å². The molecule has 0 aromatic carbocycles. The molecule has 0 saturated carbocycles. The number of likely N-dealkylation sites (N-methyl/N-ethyl adjacent to an activating group) is 2. The normalized spacial score (nSPS) is 13.6. The van der Waals surface area contributed by atoms with Crippen molar-refractivity contribution in [2.45, 2.75) is 45.7 Å². The van der Waals surface area contributed by atoms with E-state index in [1.165, 1.54) is 0 Å². The van der Waals surface area contributed by atoms with E-state index in [-0.39, 0.29) is 5.91 Å². The second-order valence-corrected chi connectivity index (χ2v) is 5.50. The molecule has 1 amide bonds. The van der Waals surface area contributed by atoms with Crippen molar-refractivity contribution in [3.8, 4) is 0 Å². The molecule has 1 atom stereocenters. The van der Waals surface area contributed by atoms with E-state index in [4.69, 9.17) is 0 Å². The van der Waals surface area contributed by atoms with Gasteiger partial charge in [-0.1, -0.05) is 13.8 Å². The molecule has 3 nitrogen and oxygen atoms in total. The van der Waals surface area contributed by atoms with Crippen molar-refractivity contribution in [3.05, 3.63) is 0 Å². The van der Waals surface area contributed by atoms with Crippen LogP contribution in [0.25, 0.3) is 0 Å². The second kappa shape index (κ2) is 7.17. The van der Waals surface area contributed by atoms with E-state index in [9.17, 15) is 4.79 Å². The molecule has 0 aliphatic carbocycles. The lowest BCUT2D eigenvalue weighted by molar-refractivity contribution is -0.137. The number of rotatable bonds is 7. The van der Waals surface area contributed by atoms with Gasteiger partial charge in [-0.25, -0.2) is 0 Å². The molecule has 0 aliphatic rings. The van der Waals surface area contributed by atoms with Crippen LogP contribution in [-0.2, 0) is 4.79 Å². The lowest BCUT2D eigenvalue weighted by Crippen LogP contribution is -2.55. The molecule has 0 aliphatic heterocycles. The number of nitrogens with one attached hydrogen (secondary N) is 1. The fourth-order valence-corrected chi connectivity index (χ4v) is 2.66. The van der Waals surface area contributed by atoms with Crippen LogP contribution >= 0.6 is 11.8 Å². The molecule has 1 N–H and O–H groups in total. The number of nitrogens with zero attached hydrogens (tertiary/aromatic N) is 1. The molecule has 4 heteroatoms. The molecule has 1 unspecified atom stereocenters. The van der Waals surface area contributed by atoms with Crippen LogP contribution in [-0.4, -0.2) is 48.0 Å². The van der Waals surface area contributed by atoms with E-state index >= 15 is 0 Å². The van der Waals surface area contributed by atoms with Crippen molar-refractivity contribution in [3.63, 3.8) is 0 Å². The van der Waals surface area contributed by atoms with Gasteiger partial charge >= 0.3 is 0 Å². The average molecular weight is 246 g/mol. The topological polar surface area (TPSA) is 32.3 Å². The third-order valence-corrected chi connectivity index (χ3v) is 3.57. The molecule has 96 valence electrons. The summed E-state index contributed by atoms with van der Waals surface area (Å²) >= 11 is 1.79. The van der Waals surface area contributed by atoms with Gasteiger partial charge < -0.3 is 10.2 Å². The first-order valence-electron chi connectivity index (χ1n) is 5.91. The highest BCUT2D eigenvalue weighted by Crippen LogP contribution is 2.14. The zero-order valence-electron chi connectivity index (χ0n) is 11.5. The van der Waals surface area contributed by atoms with Gasteiger partial charge in [0.05, 0.1) is 5.54 Å². The average Bonchev–Trinajstić information content (AvgIpc) is 2.23. The third-order valence-electron chi connectivity index (χ3n) is 2.85. The van der Waals surface area contributed by atoms with Crippen molar-refractivity contribution in [2.75, 3.05) is 25.6 Å². The highest BCUT2D eigenvalue weighted by Gasteiger charge is 2.31. The summed E-state index contributed by atoms with van der Waals surface area (Å²) in [6.07, 6.45) is 3.09. The van der Waals surface area contributed by atoms with Crippen LogP contribution in [0, 0.1) is 0 Å². The molecule has 0 aromatic rings. The Morgan fingerprint density at radius 2 is 2.00 bits per heavy atom. The van der Waals surface area contributed by atoms with E-state index in [2.05, 4.69) is 18.5 Å². The molecular formula is C12H26N2OS. The number of hydrogen-bond donors (Lipinski definition) is 1. The molecule has 0 aromatic heterocycles. The molecule has 0 radical (unpaired) electrons. The molecule has 0 fully saturated rings. The Hall–Kier alpha value is -0.220. The van der Waals surface area contributed by atoms with Gasteiger partial charge in [-0.3, -0.25) is 4.79 Å². The Morgan fingerprint density at radius 3 is 2.38 bits per heavy atom. The van der Waals surface area contributed by atoms with Crippen LogP contribution in [0.15, 0.2) is 0 Å². The number of amides is 1. The zero-order valence-corrected chi connectivity index (χ0v) is 12.3. The smallest absolute Gasteiger partial charge is 0.242 e. The van der Waals surface area contributed by atoms with Crippen molar-refractivity contribution in [2.24, 2.45) is 0 Å². The van der Waals surface area contributed by atoms with E-state index in [1.807, 2.05) is 32.7 Å². The van der Waals surface area contributed by atoms with Gasteiger partial charge in [0.25, 0.3) is 0 Å². The Morgan fingerprint density at radius 1 is 1.44 bits per heavy atom. The molecule has 0 bridgehead atoms. The summed E-state index contributed by atoms with van der Waals surface area (Å²) in [7, 11) is 1.91. The Bertz CT molecular complexity index is 219. The van der Waals surface area contributed by atoms with Crippen LogP contribution in [0.1, 0.15) is 34.1 Å². The van der Waals surface area contributed by atoms with E-state index in [1.54, 1.807) is 11.8 Å². The first kappa shape index (κ1) is 15.8. The monoisotopic (exact) mass is 246 g/mol. The number of thioether (sulfide) groups is 1. The van der Waals surface area contributed by atoms with Crippen molar-refractivity contribution >= 4 is 17.7 Å². The van der Waals surface area contributed by atoms with Gasteiger partial charge in [0.15, 0.2) is 0 Å². The Labute approximate surface area is 104 Å². The number of hydrogen-bond acceptors (Lipinski definition) is 3. The van der Waals surface area contributed by atoms with Crippen LogP contribution in [0.5, 0.6) is 0 Å². The maximum atomic E-state index is 12.3. The lowest BCUT2D eigenvalue weighted by Gasteiger charge is -2.34. The predicted molar refractivity (Wildman–Crippen MR) is 73.0 cm³/mol. The highest BCUT2D eigenvalue weighted by atomic mass is 32.2. The maximum Gasteiger partial charge on any atom is 0.242 e. The van der Waals surface area contributed by atoms with E-state index < -0.39 is 5.54 Å². The summed E-state index contributed by atoms with van der Waals surface area (Å²) in [4.78, 5) is 14.2. The van der Waals surface area contributed by atoms with Gasteiger partial charge in [0, 0.05) is 18.8 Å². The van der Waals surface area contributed by atoms with Crippen LogP contribution in [0.2, 0.25) is 0 Å². The zero-order chi connectivity index (χ0) is 12.8. The molecule has 0 heterocycles. The Kier molecular flexibility index (Phi) is 7.07. The minimum atomic E-state index is -0.463. The molecule has 0 rings (SSSR count). The van der Waals surface area contributed by atoms with Gasteiger partial charge in [-0.15, -0.1) is 0 Å². The SMILES string of the molecule is CCNC(C)(C)C(=O)N(C)C(CC)CSC. The second-order valence-electron chi connectivity index (χ2n) is 4.59. The molecule has 0 spiro atoms. The van der Waals surface area contributed by atoms with Crippen molar-refractivity contribution < 1.29 is 4.79 Å². The van der Waals surface area contributed by atoms with Gasteiger partial charge in [-0.05, 0) is 33.1 Å². The summed E-state index contributed by atoms with van der Waals surface area (Å²) in [6.45, 7) is 8.85. The molecular weight excluding hydrogens is 220 g/mol. The standard InChI is InChI=1S/C12H26N2OS/c1-7-10(9-16-6)14(5)11(15)12(3,4)13-8-2/h10,13H,7-9H2,1-6H3. The molecule has 16 heavy (non-hydrogen) atoms. The van der Waals surface area contributed by atoms with Crippen molar-refractivity contribution in [1.82, 2.24) is 10.2 Å². The predicted octanol–water partition coefficient (Wildman–Crippen LogP) is 1.97. The lowest BCUT2D eigenvalue weighted by atomic mass is 10.0. The quantitative estimate of drug-likeness (QED) is 0.745.